The van der Waals surface area contributed by atoms with E-state index in [0.29, 0.717) is 44.1 Å². The van der Waals surface area contributed by atoms with Crippen LogP contribution in [-0.2, 0) is 16.0 Å². The number of nitrogens with one attached hydrogen (secondary N) is 1. The molecule has 1 N–H and O–H groups in total. The van der Waals surface area contributed by atoms with Gasteiger partial charge in [-0.25, -0.2) is 0 Å². The summed E-state index contributed by atoms with van der Waals surface area (Å²) >= 11 is 0. The first-order valence-corrected chi connectivity index (χ1v) is 8.99. The molecule has 138 valence electrons. The molecular weight excluding hydrogens is 334 g/mol. The van der Waals surface area contributed by atoms with Crippen LogP contribution < -0.4 is 5.32 Å². The second-order valence-corrected chi connectivity index (χ2v) is 6.25. The highest BCUT2D eigenvalue weighted by atomic mass is 16.5. The Morgan fingerprint density at radius 1 is 1.42 bits per heavy atom. The third-order valence-corrected chi connectivity index (χ3v) is 4.40. The van der Waals surface area contributed by atoms with Crippen LogP contribution in [0.3, 0.4) is 0 Å². The van der Waals surface area contributed by atoms with Gasteiger partial charge in [-0.05, 0) is 38.3 Å². The van der Waals surface area contributed by atoms with Crippen LogP contribution in [0.25, 0.3) is 11.4 Å². The summed E-state index contributed by atoms with van der Waals surface area (Å²) in [7, 11) is 0. The van der Waals surface area contributed by atoms with E-state index < -0.39 is 0 Å². The van der Waals surface area contributed by atoms with Crippen molar-refractivity contribution in [3.63, 3.8) is 0 Å². The van der Waals surface area contributed by atoms with Crippen LogP contribution in [0.1, 0.15) is 38.5 Å². The molecule has 0 bridgehead atoms. The SMILES string of the molecule is CCNC(=O)[C@@H]1CCCN1C(=O)CCCc1nc(-c2cccnc2)no1. The molecule has 0 spiro atoms. The van der Waals surface area contributed by atoms with E-state index in [1.807, 2.05) is 19.1 Å². The van der Waals surface area contributed by atoms with E-state index in [2.05, 4.69) is 20.4 Å². The van der Waals surface area contributed by atoms with Gasteiger partial charge in [0.2, 0.25) is 23.5 Å². The second-order valence-electron chi connectivity index (χ2n) is 6.25. The number of likely N-dealkylation sites (N-methyl/N-ethyl adjacent to an activating group) is 1. The molecule has 0 radical (unpaired) electrons. The highest BCUT2D eigenvalue weighted by Gasteiger charge is 2.33. The molecule has 0 aromatic carbocycles. The number of aryl methyl sites for hydroxylation is 1. The van der Waals surface area contributed by atoms with Gasteiger partial charge in [0.25, 0.3) is 0 Å². The van der Waals surface area contributed by atoms with Gasteiger partial charge in [-0.2, -0.15) is 4.98 Å². The number of amides is 2. The van der Waals surface area contributed by atoms with Crippen LogP contribution in [0.4, 0.5) is 0 Å². The topological polar surface area (TPSA) is 101 Å². The molecule has 2 aromatic heterocycles. The summed E-state index contributed by atoms with van der Waals surface area (Å²) < 4.78 is 5.24. The van der Waals surface area contributed by atoms with E-state index in [-0.39, 0.29) is 17.9 Å². The van der Waals surface area contributed by atoms with Crippen LogP contribution in [-0.4, -0.2) is 51.0 Å². The molecule has 8 heteroatoms. The molecular formula is C18H23N5O3. The molecule has 1 saturated heterocycles. The van der Waals surface area contributed by atoms with Gasteiger partial charge in [-0.3, -0.25) is 14.6 Å². The highest BCUT2D eigenvalue weighted by Crippen LogP contribution is 2.20. The summed E-state index contributed by atoms with van der Waals surface area (Å²) in [6.45, 7) is 3.10. The minimum Gasteiger partial charge on any atom is -0.355 e. The Kier molecular flexibility index (Phi) is 5.93. The van der Waals surface area contributed by atoms with E-state index in [1.165, 1.54) is 0 Å². The van der Waals surface area contributed by atoms with Crippen LogP contribution in [0.15, 0.2) is 29.0 Å². The minimum absolute atomic E-state index is 0.00533. The Morgan fingerprint density at radius 2 is 2.31 bits per heavy atom. The molecule has 0 saturated carbocycles. The average molecular weight is 357 g/mol. The predicted octanol–water partition coefficient (Wildman–Crippen LogP) is 1.58. The Hall–Kier alpha value is -2.77. The third-order valence-electron chi connectivity index (χ3n) is 4.40. The number of carbonyl (C=O) groups is 2. The van der Waals surface area contributed by atoms with Crippen molar-refractivity contribution in [1.29, 1.82) is 0 Å². The number of likely N-dealkylation sites (tertiary alicyclic amines) is 1. The maximum absolute atomic E-state index is 12.5. The van der Waals surface area contributed by atoms with Crippen molar-refractivity contribution in [3.05, 3.63) is 30.4 Å². The number of rotatable bonds is 7. The van der Waals surface area contributed by atoms with Crippen LogP contribution in [0.5, 0.6) is 0 Å². The van der Waals surface area contributed by atoms with Gasteiger partial charge < -0.3 is 14.7 Å². The zero-order valence-electron chi connectivity index (χ0n) is 14.9. The number of pyridine rings is 1. The zero-order valence-corrected chi connectivity index (χ0v) is 14.9. The summed E-state index contributed by atoms with van der Waals surface area (Å²) in [5, 5.41) is 6.74. The molecule has 1 atom stereocenters. The summed E-state index contributed by atoms with van der Waals surface area (Å²) in [6.07, 6.45) is 6.45. The van der Waals surface area contributed by atoms with E-state index in [4.69, 9.17) is 4.52 Å². The Labute approximate surface area is 152 Å². The van der Waals surface area contributed by atoms with E-state index in [9.17, 15) is 9.59 Å². The summed E-state index contributed by atoms with van der Waals surface area (Å²) in [4.78, 5) is 34.6. The highest BCUT2D eigenvalue weighted by molar-refractivity contribution is 5.88. The van der Waals surface area contributed by atoms with Crippen LogP contribution >= 0.6 is 0 Å². The Balaban J connectivity index is 1.49. The average Bonchev–Trinajstić information content (AvgIpc) is 3.32. The smallest absolute Gasteiger partial charge is 0.242 e. The first kappa shape index (κ1) is 18.0. The van der Waals surface area contributed by atoms with Crippen molar-refractivity contribution < 1.29 is 14.1 Å². The number of carbonyl (C=O) groups excluding carboxylic acids is 2. The molecule has 3 rings (SSSR count). The van der Waals surface area contributed by atoms with Gasteiger partial charge in [-0.1, -0.05) is 5.16 Å². The number of nitrogens with zero attached hydrogens (tertiary/aromatic N) is 4. The summed E-state index contributed by atoms with van der Waals surface area (Å²) in [5.41, 5.74) is 0.792. The van der Waals surface area contributed by atoms with Crippen molar-refractivity contribution in [2.45, 2.75) is 45.1 Å². The maximum Gasteiger partial charge on any atom is 0.242 e. The van der Waals surface area contributed by atoms with Gasteiger partial charge in [0.05, 0.1) is 0 Å². The predicted molar refractivity (Wildman–Crippen MR) is 93.9 cm³/mol. The number of hydrogen-bond acceptors (Lipinski definition) is 6. The first-order chi connectivity index (χ1) is 12.7. The van der Waals surface area contributed by atoms with Crippen molar-refractivity contribution >= 4 is 11.8 Å². The molecule has 2 amide bonds. The van der Waals surface area contributed by atoms with Gasteiger partial charge in [0.15, 0.2) is 0 Å². The van der Waals surface area contributed by atoms with Crippen molar-refractivity contribution in [2.75, 3.05) is 13.1 Å². The van der Waals surface area contributed by atoms with Gasteiger partial charge in [-0.15, -0.1) is 0 Å². The lowest BCUT2D eigenvalue weighted by molar-refractivity contribution is -0.138. The van der Waals surface area contributed by atoms with Gasteiger partial charge in [0.1, 0.15) is 6.04 Å². The lowest BCUT2D eigenvalue weighted by Crippen LogP contribution is -2.45. The van der Waals surface area contributed by atoms with Crippen molar-refractivity contribution in [2.24, 2.45) is 0 Å². The minimum atomic E-state index is -0.331. The molecule has 1 aliphatic heterocycles. The number of aromatic nitrogens is 3. The largest absolute Gasteiger partial charge is 0.355 e. The summed E-state index contributed by atoms with van der Waals surface area (Å²) in [5.74, 6) is 0.940. The standard InChI is InChI=1S/C18H23N5O3/c1-2-20-18(25)14-7-5-11-23(14)16(24)9-3-8-15-21-17(22-26-15)13-6-4-10-19-12-13/h4,6,10,12,14H,2-3,5,7-9,11H2,1H3,(H,20,25)/t14-/m0/s1. The van der Waals surface area contributed by atoms with E-state index >= 15 is 0 Å². The maximum atomic E-state index is 12.5. The lowest BCUT2D eigenvalue weighted by atomic mass is 10.1. The fraction of sp³-hybridized carbons (Fsp3) is 0.500. The monoisotopic (exact) mass is 357 g/mol. The molecule has 0 unspecified atom stereocenters. The Bertz CT molecular complexity index is 746. The first-order valence-electron chi connectivity index (χ1n) is 8.99. The lowest BCUT2D eigenvalue weighted by Gasteiger charge is -2.23. The Morgan fingerprint density at radius 3 is 3.08 bits per heavy atom. The molecule has 1 fully saturated rings. The fourth-order valence-corrected chi connectivity index (χ4v) is 3.13. The van der Waals surface area contributed by atoms with Crippen LogP contribution in [0, 0.1) is 0 Å². The zero-order chi connectivity index (χ0) is 18.4. The second kappa shape index (κ2) is 8.55. The molecule has 3 heterocycles. The molecule has 2 aromatic rings. The summed E-state index contributed by atoms with van der Waals surface area (Å²) in [6, 6.07) is 3.34. The molecule has 0 aliphatic carbocycles. The van der Waals surface area contributed by atoms with Gasteiger partial charge in [0, 0.05) is 43.9 Å². The third kappa shape index (κ3) is 4.25. The van der Waals surface area contributed by atoms with Gasteiger partial charge >= 0.3 is 0 Å². The molecule has 26 heavy (non-hydrogen) atoms. The van der Waals surface area contributed by atoms with Crippen molar-refractivity contribution in [1.82, 2.24) is 25.3 Å². The van der Waals surface area contributed by atoms with E-state index in [1.54, 1.807) is 17.3 Å². The molecule has 8 nitrogen and oxygen atoms in total. The van der Waals surface area contributed by atoms with Crippen LogP contribution in [0.2, 0.25) is 0 Å². The quantitative estimate of drug-likeness (QED) is 0.807. The van der Waals surface area contributed by atoms with E-state index in [0.717, 1.165) is 18.4 Å². The molecule has 1 aliphatic rings. The fourth-order valence-electron chi connectivity index (χ4n) is 3.13. The normalized spacial score (nSPS) is 16.7. The number of hydrogen-bond donors (Lipinski definition) is 1. The van der Waals surface area contributed by atoms with Crippen molar-refractivity contribution in [3.8, 4) is 11.4 Å².